The molecule has 1 aliphatic carbocycles. The Morgan fingerprint density at radius 3 is 2.72 bits per heavy atom. The molecule has 0 radical (unpaired) electrons. The second-order valence-electron chi connectivity index (χ2n) is 11.6. The highest BCUT2D eigenvalue weighted by Gasteiger charge is 2.48. The van der Waals surface area contributed by atoms with E-state index in [0.29, 0.717) is 17.9 Å². The Morgan fingerprint density at radius 2 is 1.92 bits per heavy atom. The van der Waals surface area contributed by atoms with Crippen molar-refractivity contribution in [3.05, 3.63) is 71.4 Å². The summed E-state index contributed by atoms with van der Waals surface area (Å²) in [6.07, 6.45) is 8.29. The maximum Gasteiger partial charge on any atom is 0.228 e. The van der Waals surface area contributed by atoms with E-state index in [9.17, 15) is 4.79 Å². The van der Waals surface area contributed by atoms with Gasteiger partial charge in [-0.15, -0.1) is 0 Å². The molecule has 0 saturated carbocycles. The second kappa shape index (κ2) is 9.52. The van der Waals surface area contributed by atoms with Crippen molar-refractivity contribution >= 4 is 16.9 Å². The number of likely N-dealkylation sites (tertiary alicyclic amines) is 2. The first kappa shape index (κ1) is 24.4. The third-order valence-electron chi connectivity index (χ3n) is 9.18. The Kier molecular flexibility index (Phi) is 5.95. The zero-order chi connectivity index (χ0) is 26.6. The van der Waals surface area contributed by atoms with Gasteiger partial charge in [-0.3, -0.25) is 9.69 Å². The molecule has 1 amide bonds. The van der Waals surface area contributed by atoms with Gasteiger partial charge in [0.25, 0.3) is 0 Å². The number of fused-ring (bicyclic) bond motifs is 2. The van der Waals surface area contributed by atoms with Gasteiger partial charge in [-0.25, -0.2) is 19.6 Å². The van der Waals surface area contributed by atoms with Crippen LogP contribution in [0.5, 0.6) is 0 Å². The van der Waals surface area contributed by atoms with Gasteiger partial charge in [0.15, 0.2) is 5.65 Å². The number of piperidine rings is 1. The minimum atomic E-state index is 0.187. The first-order valence-corrected chi connectivity index (χ1v) is 14.3. The molecule has 2 saturated heterocycles. The summed E-state index contributed by atoms with van der Waals surface area (Å²) in [5, 5.41) is 5.68. The number of nitrogens with zero attached hydrogens (tertiary/aromatic N) is 7. The number of aryl methyl sites for hydroxylation is 3. The lowest BCUT2D eigenvalue weighted by Gasteiger charge is -2.56. The average molecular weight is 522 g/mol. The molecule has 5 heterocycles. The first-order valence-electron chi connectivity index (χ1n) is 14.3. The van der Waals surface area contributed by atoms with Crippen LogP contribution in [-0.4, -0.2) is 66.6 Å². The van der Waals surface area contributed by atoms with Gasteiger partial charge in [0.2, 0.25) is 5.91 Å². The Hall–Kier alpha value is -3.65. The molecule has 4 aromatic rings. The number of rotatable bonds is 5. The Labute approximate surface area is 229 Å². The Morgan fingerprint density at radius 1 is 1.08 bits per heavy atom. The Balaban J connectivity index is 0.965. The number of pyridine rings is 1. The molecular weight excluding hydrogens is 486 g/mol. The molecule has 200 valence electrons. The molecule has 8 heteroatoms. The largest absolute Gasteiger partial charge is 0.342 e. The van der Waals surface area contributed by atoms with Crippen LogP contribution in [0.3, 0.4) is 0 Å². The van der Waals surface area contributed by atoms with Gasteiger partial charge < -0.3 is 4.90 Å². The van der Waals surface area contributed by atoms with Crippen molar-refractivity contribution in [1.29, 1.82) is 0 Å². The van der Waals surface area contributed by atoms with E-state index >= 15 is 0 Å². The quantitative estimate of drug-likeness (QED) is 0.388. The number of hydrogen-bond acceptors (Lipinski definition) is 6. The van der Waals surface area contributed by atoms with E-state index in [4.69, 9.17) is 5.10 Å². The summed E-state index contributed by atoms with van der Waals surface area (Å²) in [4.78, 5) is 31.1. The maximum absolute atomic E-state index is 13.2. The topological polar surface area (TPSA) is 80.0 Å². The predicted octanol–water partition coefficient (Wildman–Crippen LogP) is 4.37. The number of amides is 1. The predicted molar refractivity (Wildman–Crippen MR) is 150 cm³/mol. The third-order valence-corrected chi connectivity index (χ3v) is 9.18. The molecule has 1 atom stereocenters. The number of aromatic nitrogens is 5. The zero-order valence-electron chi connectivity index (χ0n) is 22.8. The standard InChI is InChI=1S/C31H35N7O/c1-3-38-30-25(5-4-12-32-30)27(35-38)17-29(39)36-13-10-31(11-14-36)18-37(19-31)28-9-7-22-16-23(6-8-24(22)28)26-15-21(2)33-20-34-26/h4-6,8,12,15-16,20,28H,3,7,9-11,13-14,17-19H2,1-2H3. The zero-order valence-corrected chi connectivity index (χ0v) is 22.8. The molecule has 2 fully saturated rings. The fourth-order valence-corrected chi connectivity index (χ4v) is 7.01. The van der Waals surface area contributed by atoms with Crippen LogP contribution in [0.1, 0.15) is 54.7 Å². The van der Waals surface area contributed by atoms with Gasteiger partial charge in [0.1, 0.15) is 6.33 Å². The van der Waals surface area contributed by atoms with Gasteiger partial charge in [-0.1, -0.05) is 12.1 Å². The summed E-state index contributed by atoms with van der Waals surface area (Å²) in [6, 6.07) is 13.4. The SMILES string of the molecule is CCn1nc(CC(=O)N2CCC3(CC2)CN(C2CCc4cc(-c5cc(C)ncn5)ccc42)C3)c2cccnc21. The molecule has 3 aliphatic rings. The lowest BCUT2D eigenvalue weighted by atomic mass is 9.71. The van der Waals surface area contributed by atoms with Crippen molar-refractivity contribution in [3.8, 4) is 11.3 Å². The molecule has 1 unspecified atom stereocenters. The molecular formula is C31H35N7O. The van der Waals surface area contributed by atoms with Crippen LogP contribution in [0.15, 0.2) is 48.9 Å². The van der Waals surface area contributed by atoms with Crippen LogP contribution in [0.4, 0.5) is 0 Å². The monoisotopic (exact) mass is 521 g/mol. The lowest BCUT2D eigenvalue weighted by Crippen LogP contribution is -2.61. The summed E-state index contributed by atoms with van der Waals surface area (Å²) < 4.78 is 1.89. The lowest BCUT2D eigenvalue weighted by molar-refractivity contribution is -0.136. The molecule has 39 heavy (non-hydrogen) atoms. The van der Waals surface area contributed by atoms with Gasteiger partial charge in [0, 0.05) is 61.6 Å². The fourth-order valence-electron chi connectivity index (χ4n) is 7.01. The minimum absolute atomic E-state index is 0.187. The summed E-state index contributed by atoms with van der Waals surface area (Å²) in [5.74, 6) is 0.187. The van der Waals surface area contributed by atoms with Crippen LogP contribution in [0, 0.1) is 12.3 Å². The van der Waals surface area contributed by atoms with Crippen molar-refractivity contribution in [2.45, 2.75) is 58.5 Å². The summed E-state index contributed by atoms with van der Waals surface area (Å²) in [5.41, 5.74) is 8.20. The number of hydrogen-bond donors (Lipinski definition) is 0. The van der Waals surface area contributed by atoms with Crippen LogP contribution in [0.25, 0.3) is 22.3 Å². The smallest absolute Gasteiger partial charge is 0.228 e. The average Bonchev–Trinajstić information content (AvgIpc) is 3.52. The third kappa shape index (κ3) is 4.31. The van der Waals surface area contributed by atoms with Crippen LogP contribution < -0.4 is 0 Å². The molecule has 1 aromatic carbocycles. The second-order valence-corrected chi connectivity index (χ2v) is 11.6. The van der Waals surface area contributed by atoms with Gasteiger partial charge in [0.05, 0.1) is 17.8 Å². The molecule has 7 rings (SSSR count). The fraction of sp³-hybridized carbons (Fsp3) is 0.452. The van der Waals surface area contributed by atoms with Crippen molar-refractivity contribution < 1.29 is 4.79 Å². The summed E-state index contributed by atoms with van der Waals surface area (Å²) in [6.45, 7) is 8.79. The van der Waals surface area contributed by atoms with Crippen LogP contribution in [0.2, 0.25) is 0 Å². The molecule has 2 aliphatic heterocycles. The molecule has 8 nitrogen and oxygen atoms in total. The van der Waals surface area contributed by atoms with Crippen molar-refractivity contribution in [2.24, 2.45) is 5.41 Å². The number of carbonyl (C=O) groups excluding carboxylic acids is 1. The van der Waals surface area contributed by atoms with Crippen molar-refractivity contribution in [3.63, 3.8) is 0 Å². The van der Waals surface area contributed by atoms with Gasteiger partial charge in [-0.05, 0) is 80.3 Å². The van der Waals surface area contributed by atoms with E-state index in [1.165, 1.54) is 23.1 Å². The summed E-state index contributed by atoms with van der Waals surface area (Å²) in [7, 11) is 0. The maximum atomic E-state index is 13.2. The van der Waals surface area contributed by atoms with Gasteiger partial charge >= 0.3 is 0 Å². The highest BCUT2D eigenvalue weighted by molar-refractivity contribution is 5.86. The van der Waals surface area contributed by atoms with Crippen LogP contribution >= 0.6 is 0 Å². The molecule has 1 spiro atoms. The number of benzene rings is 1. The van der Waals surface area contributed by atoms with Crippen LogP contribution in [-0.2, 0) is 24.2 Å². The van der Waals surface area contributed by atoms with Crippen molar-refractivity contribution in [2.75, 3.05) is 26.2 Å². The van der Waals surface area contributed by atoms with E-state index in [-0.39, 0.29) is 5.91 Å². The molecule has 0 bridgehead atoms. The minimum Gasteiger partial charge on any atom is -0.342 e. The highest BCUT2D eigenvalue weighted by Crippen LogP contribution is 2.48. The normalized spacial score (nSPS) is 20.4. The summed E-state index contributed by atoms with van der Waals surface area (Å²) >= 11 is 0. The first-order chi connectivity index (χ1) is 19.0. The van der Waals surface area contributed by atoms with E-state index in [1.807, 2.05) is 23.7 Å². The molecule has 0 N–H and O–H groups in total. The van der Waals surface area contributed by atoms with Gasteiger partial charge in [-0.2, -0.15) is 5.10 Å². The van der Waals surface area contributed by atoms with E-state index in [2.05, 4.69) is 55.9 Å². The number of carbonyl (C=O) groups is 1. The van der Waals surface area contributed by atoms with Crippen molar-refractivity contribution in [1.82, 2.24) is 34.5 Å². The van der Waals surface area contributed by atoms with E-state index in [1.54, 1.807) is 12.5 Å². The highest BCUT2D eigenvalue weighted by atomic mass is 16.2. The van der Waals surface area contributed by atoms with E-state index in [0.717, 1.165) is 80.1 Å². The molecule has 3 aromatic heterocycles. The van der Waals surface area contributed by atoms with E-state index < -0.39 is 0 Å². The Bertz CT molecular complexity index is 1540.